The van der Waals surface area contributed by atoms with Gasteiger partial charge in [0.05, 0.1) is 12.2 Å². The smallest absolute Gasteiger partial charge is 0.133 e. The Morgan fingerprint density at radius 1 is 1.04 bits per heavy atom. The number of fused-ring (bicyclic) bond motifs is 5. The monoisotopic (exact) mass is 376 g/mol. The zero-order valence-corrected chi connectivity index (χ0v) is 17.9. The number of ether oxygens (including phenoxy) is 1. The molecule has 0 aromatic rings. The minimum absolute atomic E-state index is 0.261. The lowest BCUT2D eigenvalue weighted by Gasteiger charge is -2.61. The number of aliphatic hydroxyl groups is 1. The molecule has 27 heavy (non-hydrogen) atoms. The topological polar surface area (TPSA) is 46.5 Å². The molecule has 1 N–H and O–H groups in total. The van der Waals surface area contributed by atoms with Gasteiger partial charge in [0.15, 0.2) is 0 Å². The van der Waals surface area contributed by atoms with E-state index in [1.54, 1.807) is 7.11 Å². The van der Waals surface area contributed by atoms with Crippen molar-refractivity contribution in [1.82, 2.24) is 0 Å². The summed E-state index contributed by atoms with van der Waals surface area (Å²) in [5.74, 6) is 3.90. The average molecular weight is 377 g/mol. The molecule has 3 nitrogen and oxygen atoms in total. The summed E-state index contributed by atoms with van der Waals surface area (Å²) in [6.45, 7) is 7.10. The van der Waals surface area contributed by atoms with Crippen molar-refractivity contribution in [2.24, 2.45) is 40.4 Å². The van der Waals surface area contributed by atoms with Gasteiger partial charge < -0.3 is 9.84 Å². The summed E-state index contributed by atoms with van der Waals surface area (Å²) in [4.78, 5) is 12.4. The molecule has 4 aliphatic carbocycles. The van der Waals surface area contributed by atoms with E-state index < -0.39 is 5.60 Å². The molecule has 0 aliphatic heterocycles. The molecule has 4 saturated carbocycles. The number of carbonyl (C=O) groups is 1. The van der Waals surface area contributed by atoms with Gasteiger partial charge in [-0.25, -0.2) is 0 Å². The van der Waals surface area contributed by atoms with Gasteiger partial charge in [0, 0.05) is 13.0 Å². The van der Waals surface area contributed by atoms with Crippen LogP contribution in [0.4, 0.5) is 0 Å². The number of carbonyl (C=O) groups excluding carboxylic acids is 1. The molecule has 0 saturated heterocycles. The van der Waals surface area contributed by atoms with Gasteiger partial charge in [-0.3, -0.25) is 4.79 Å². The number of ketones is 1. The first-order valence-electron chi connectivity index (χ1n) is 11.5. The third kappa shape index (κ3) is 2.94. The third-order valence-electron chi connectivity index (χ3n) is 9.89. The summed E-state index contributed by atoms with van der Waals surface area (Å²) in [5.41, 5.74) is -0.0640. The molecule has 0 bridgehead atoms. The Morgan fingerprint density at radius 3 is 2.41 bits per heavy atom. The van der Waals surface area contributed by atoms with Gasteiger partial charge in [-0.05, 0) is 106 Å². The first-order chi connectivity index (χ1) is 12.8. The van der Waals surface area contributed by atoms with Crippen molar-refractivity contribution in [3.05, 3.63) is 0 Å². The minimum atomic E-state index is -0.623. The second-order valence-electron chi connectivity index (χ2n) is 11.0. The summed E-state index contributed by atoms with van der Waals surface area (Å²) in [6, 6.07) is 0. The number of methoxy groups -OCH3 is 1. The third-order valence-corrected chi connectivity index (χ3v) is 9.89. The predicted molar refractivity (Wildman–Crippen MR) is 107 cm³/mol. The Bertz CT molecular complexity index is 588. The second-order valence-corrected chi connectivity index (χ2v) is 11.0. The van der Waals surface area contributed by atoms with Crippen LogP contribution in [0.1, 0.15) is 85.0 Å². The molecular formula is C24H40O3. The molecule has 154 valence electrons. The molecule has 3 heteroatoms. The highest BCUT2D eigenvalue weighted by Gasteiger charge is 2.61. The van der Waals surface area contributed by atoms with Gasteiger partial charge in [-0.1, -0.05) is 13.8 Å². The van der Waals surface area contributed by atoms with Crippen LogP contribution in [0.5, 0.6) is 0 Å². The summed E-state index contributed by atoms with van der Waals surface area (Å²) >= 11 is 0. The Morgan fingerprint density at radius 2 is 1.74 bits per heavy atom. The largest absolute Gasteiger partial charge is 0.387 e. The van der Waals surface area contributed by atoms with Crippen molar-refractivity contribution in [1.29, 1.82) is 0 Å². The van der Waals surface area contributed by atoms with Crippen LogP contribution in [-0.2, 0) is 9.53 Å². The molecule has 0 unspecified atom stereocenters. The quantitative estimate of drug-likeness (QED) is 0.751. The Labute approximate surface area is 165 Å². The lowest BCUT2D eigenvalue weighted by Crippen LogP contribution is -2.56. The maximum absolute atomic E-state index is 12.4. The van der Waals surface area contributed by atoms with Crippen molar-refractivity contribution in [2.75, 3.05) is 13.7 Å². The zero-order valence-electron chi connectivity index (χ0n) is 17.9. The van der Waals surface area contributed by atoms with E-state index in [2.05, 4.69) is 13.8 Å². The van der Waals surface area contributed by atoms with Gasteiger partial charge in [0.1, 0.15) is 5.78 Å². The number of Topliss-reactive ketones (excluding diaryl/α,β-unsaturated/α-hetero) is 1. The van der Waals surface area contributed by atoms with Crippen molar-refractivity contribution >= 4 is 5.78 Å². The zero-order chi connectivity index (χ0) is 19.4. The van der Waals surface area contributed by atoms with Gasteiger partial charge in [-0.2, -0.15) is 0 Å². The minimum Gasteiger partial charge on any atom is -0.387 e. The molecule has 0 amide bonds. The number of rotatable bonds is 4. The molecule has 8 atom stereocenters. The summed E-state index contributed by atoms with van der Waals surface area (Å²) in [6.07, 6.45) is 11.6. The van der Waals surface area contributed by atoms with Gasteiger partial charge in [0.2, 0.25) is 0 Å². The van der Waals surface area contributed by atoms with E-state index in [9.17, 15) is 9.90 Å². The van der Waals surface area contributed by atoms with E-state index in [0.717, 1.165) is 49.4 Å². The van der Waals surface area contributed by atoms with Crippen LogP contribution in [0, 0.1) is 40.4 Å². The van der Waals surface area contributed by atoms with Crippen molar-refractivity contribution in [2.45, 2.75) is 90.6 Å². The molecule has 0 radical (unpaired) electrons. The fourth-order valence-corrected chi connectivity index (χ4v) is 8.97. The lowest BCUT2D eigenvalue weighted by molar-refractivity contribution is -0.162. The molecule has 4 rings (SSSR count). The SMILES string of the molecule is CC[C@]12CC[C@H]3[C@@H](CC[C@@]4(C)C[C@@](O)(COC)CC[C@H]34)[C@@H]1CC[C@@H]2C(C)=O. The van der Waals surface area contributed by atoms with Crippen LogP contribution in [0.2, 0.25) is 0 Å². The molecular weight excluding hydrogens is 336 g/mol. The lowest BCUT2D eigenvalue weighted by atomic mass is 9.44. The number of hydrogen-bond acceptors (Lipinski definition) is 3. The maximum atomic E-state index is 12.4. The molecule has 4 fully saturated rings. The molecule has 0 spiro atoms. The highest BCUT2D eigenvalue weighted by molar-refractivity contribution is 5.79. The summed E-state index contributed by atoms with van der Waals surface area (Å²) in [7, 11) is 1.71. The van der Waals surface area contributed by atoms with Crippen LogP contribution < -0.4 is 0 Å². The number of hydrogen-bond donors (Lipinski definition) is 1. The van der Waals surface area contributed by atoms with Crippen molar-refractivity contribution in [3.8, 4) is 0 Å². The van der Waals surface area contributed by atoms with E-state index in [1.807, 2.05) is 6.92 Å². The van der Waals surface area contributed by atoms with E-state index >= 15 is 0 Å². The molecule has 0 aromatic heterocycles. The molecule has 4 aliphatic rings. The summed E-state index contributed by atoms with van der Waals surface area (Å²) in [5, 5.41) is 11.0. The van der Waals surface area contributed by atoms with E-state index in [-0.39, 0.29) is 5.41 Å². The predicted octanol–water partition coefficient (Wildman–Crippen LogP) is 5.00. The Kier molecular flexibility index (Phi) is 5.03. The van der Waals surface area contributed by atoms with Crippen LogP contribution in [0.3, 0.4) is 0 Å². The van der Waals surface area contributed by atoms with E-state index in [1.165, 1.54) is 38.5 Å². The highest BCUT2D eigenvalue weighted by Crippen LogP contribution is 2.68. The fraction of sp³-hybridized carbons (Fsp3) is 0.958. The average Bonchev–Trinajstić information content (AvgIpc) is 3.00. The van der Waals surface area contributed by atoms with Crippen LogP contribution in [-0.4, -0.2) is 30.2 Å². The van der Waals surface area contributed by atoms with E-state index in [4.69, 9.17) is 4.74 Å². The van der Waals surface area contributed by atoms with Crippen LogP contribution in [0.25, 0.3) is 0 Å². The van der Waals surface area contributed by atoms with Crippen LogP contribution in [0.15, 0.2) is 0 Å². The highest BCUT2D eigenvalue weighted by atomic mass is 16.5. The fourth-order valence-electron chi connectivity index (χ4n) is 8.97. The van der Waals surface area contributed by atoms with E-state index in [0.29, 0.717) is 23.7 Å². The molecule has 0 aromatic carbocycles. The first-order valence-corrected chi connectivity index (χ1v) is 11.5. The molecule has 0 heterocycles. The Hall–Kier alpha value is -0.410. The van der Waals surface area contributed by atoms with Gasteiger partial charge in [-0.15, -0.1) is 0 Å². The van der Waals surface area contributed by atoms with Gasteiger partial charge in [0.25, 0.3) is 0 Å². The van der Waals surface area contributed by atoms with Gasteiger partial charge >= 0.3 is 0 Å². The second kappa shape index (κ2) is 6.83. The van der Waals surface area contributed by atoms with Crippen molar-refractivity contribution in [3.63, 3.8) is 0 Å². The maximum Gasteiger partial charge on any atom is 0.133 e. The Balaban J connectivity index is 1.57. The first kappa shape index (κ1) is 19.9. The standard InChI is InChI=1S/C24H40O3/c1-5-24-13-9-17-18(21(24)7-6-19(24)16(2)25)8-11-22(3)14-23(26,15-27-4)12-10-20(17)22/h17-21,26H,5-15H2,1-4H3/t17-,18+,19+,20+,21-,22-,23+,24+/m0/s1. The van der Waals surface area contributed by atoms with Crippen molar-refractivity contribution < 1.29 is 14.6 Å². The van der Waals surface area contributed by atoms with Crippen LogP contribution >= 0.6 is 0 Å². The summed E-state index contributed by atoms with van der Waals surface area (Å²) < 4.78 is 5.35. The normalized spacial score (nSPS) is 52.0.